The molecule has 1 N–H and O–H groups in total. The minimum Gasteiger partial charge on any atom is -0.386 e. The summed E-state index contributed by atoms with van der Waals surface area (Å²) in [6.45, 7) is 2.07. The zero-order valence-electron chi connectivity index (χ0n) is 10.4. The van der Waals surface area contributed by atoms with Gasteiger partial charge in [0.05, 0.1) is 6.10 Å². The highest BCUT2D eigenvalue weighted by molar-refractivity contribution is 5.34. The summed E-state index contributed by atoms with van der Waals surface area (Å²) in [7, 11) is 0. The Labute approximate surface area is 103 Å². The van der Waals surface area contributed by atoms with Crippen LogP contribution in [0.1, 0.15) is 44.6 Å². The van der Waals surface area contributed by atoms with Crippen molar-refractivity contribution in [1.82, 2.24) is 0 Å². The van der Waals surface area contributed by atoms with Crippen LogP contribution in [0.2, 0.25) is 0 Å². The molecule has 0 bridgehead atoms. The van der Waals surface area contributed by atoms with Crippen LogP contribution in [0.5, 0.6) is 0 Å². The van der Waals surface area contributed by atoms with Crippen LogP contribution < -0.4 is 0 Å². The predicted octanol–water partition coefficient (Wildman–Crippen LogP) is 3.00. The fourth-order valence-electron chi connectivity index (χ4n) is 3.50. The van der Waals surface area contributed by atoms with E-state index < -0.39 is 11.2 Å². The molecule has 0 amide bonds. The lowest BCUT2D eigenvalue weighted by Gasteiger charge is -2.38. The molecular weight excluding hydrogens is 212 g/mol. The molecule has 0 radical (unpaired) electrons. The molecular formula is C15H20O2. The zero-order valence-corrected chi connectivity index (χ0v) is 10.4. The lowest BCUT2D eigenvalue weighted by molar-refractivity contribution is -0.0684. The van der Waals surface area contributed by atoms with E-state index in [1.807, 2.05) is 18.2 Å². The molecule has 0 aromatic heterocycles. The maximum absolute atomic E-state index is 11.0. The van der Waals surface area contributed by atoms with E-state index in [0.29, 0.717) is 0 Å². The van der Waals surface area contributed by atoms with E-state index in [0.717, 1.165) is 31.2 Å². The summed E-state index contributed by atoms with van der Waals surface area (Å²) in [4.78, 5) is 0. The van der Waals surface area contributed by atoms with Crippen molar-refractivity contribution in [3.05, 3.63) is 35.9 Å². The standard InChI is InChI=1S/C15H20O2/c1-12-15(17-12,13-8-4-2-5-9-13)14(16)10-6-3-7-11-14/h2,4-5,8-9,12,16H,3,6-7,10-11H2,1H3/t12-,15-/m0/s1. The van der Waals surface area contributed by atoms with Crippen molar-refractivity contribution in [1.29, 1.82) is 0 Å². The van der Waals surface area contributed by atoms with Crippen LogP contribution >= 0.6 is 0 Å². The minimum atomic E-state index is -0.661. The number of aliphatic hydroxyl groups is 1. The molecule has 92 valence electrons. The van der Waals surface area contributed by atoms with Crippen LogP contribution in [0.25, 0.3) is 0 Å². The van der Waals surface area contributed by atoms with Gasteiger partial charge < -0.3 is 9.84 Å². The van der Waals surface area contributed by atoms with Crippen LogP contribution in [0.3, 0.4) is 0 Å². The molecule has 1 heterocycles. The summed E-state index contributed by atoms with van der Waals surface area (Å²) in [6, 6.07) is 10.2. The van der Waals surface area contributed by atoms with Gasteiger partial charge in [-0.15, -0.1) is 0 Å². The van der Waals surface area contributed by atoms with E-state index in [9.17, 15) is 5.11 Å². The summed E-state index contributed by atoms with van der Waals surface area (Å²) in [5.74, 6) is 0. The molecule has 0 unspecified atom stereocenters. The molecule has 2 heteroatoms. The van der Waals surface area contributed by atoms with E-state index in [1.165, 1.54) is 6.42 Å². The molecule has 1 aliphatic heterocycles. The number of benzene rings is 1. The van der Waals surface area contributed by atoms with Gasteiger partial charge in [0.2, 0.25) is 0 Å². The fourth-order valence-corrected chi connectivity index (χ4v) is 3.50. The highest BCUT2D eigenvalue weighted by Gasteiger charge is 2.67. The van der Waals surface area contributed by atoms with Crippen LogP contribution in [-0.4, -0.2) is 16.8 Å². The number of ether oxygens (including phenoxy) is 1. The fraction of sp³-hybridized carbons (Fsp3) is 0.600. The molecule has 1 saturated heterocycles. The number of rotatable bonds is 2. The maximum atomic E-state index is 11.0. The molecule has 17 heavy (non-hydrogen) atoms. The molecule has 1 aromatic rings. The van der Waals surface area contributed by atoms with E-state index in [2.05, 4.69) is 19.1 Å². The van der Waals surface area contributed by atoms with Crippen LogP contribution in [0.4, 0.5) is 0 Å². The van der Waals surface area contributed by atoms with E-state index in [1.54, 1.807) is 0 Å². The van der Waals surface area contributed by atoms with Crippen LogP contribution in [0, 0.1) is 0 Å². The predicted molar refractivity (Wildman–Crippen MR) is 66.7 cm³/mol. The summed E-state index contributed by atoms with van der Waals surface area (Å²) in [6.07, 6.45) is 5.33. The Morgan fingerprint density at radius 1 is 1.12 bits per heavy atom. The van der Waals surface area contributed by atoms with Gasteiger partial charge in [-0.05, 0) is 25.3 Å². The van der Waals surface area contributed by atoms with Gasteiger partial charge >= 0.3 is 0 Å². The monoisotopic (exact) mass is 232 g/mol. The third-order valence-electron chi connectivity index (χ3n) is 4.45. The van der Waals surface area contributed by atoms with Gasteiger partial charge in [-0.25, -0.2) is 0 Å². The third-order valence-corrected chi connectivity index (χ3v) is 4.45. The second-order valence-corrected chi connectivity index (χ2v) is 5.45. The lowest BCUT2D eigenvalue weighted by Crippen LogP contribution is -2.46. The number of hydrogen-bond donors (Lipinski definition) is 1. The van der Waals surface area contributed by atoms with Gasteiger partial charge in [-0.1, -0.05) is 49.6 Å². The second-order valence-electron chi connectivity index (χ2n) is 5.45. The average Bonchev–Trinajstić information content (AvgIpc) is 3.05. The van der Waals surface area contributed by atoms with Crippen molar-refractivity contribution >= 4 is 0 Å². The van der Waals surface area contributed by atoms with Gasteiger partial charge in [0, 0.05) is 0 Å². The average molecular weight is 232 g/mol. The van der Waals surface area contributed by atoms with Crippen molar-refractivity contribution in [2.45, 2.75) is 56.3 Å². The molecule has 2 nitrogen and oxygen atoms in total. The van der Waals surface area contributed by atoms with Crippen LogP contribution in [0.15, 0.2) is 30.3 Å². The Kier molecular flexibility index (Phi) is 2.53. The smallest absolute Gasteiger partial charge is 0.148 e. The van der Waals surface area contributed by atoms with Gasteiger partial charge in [0.25, 0.3) is 0 Å². The zero-order chi connectivity index (χ0) is 11.9. The summed E-state index contributed by atoms with van der Waals surface area (Å²) < 4.78 is 5.88. The van der Waals surface area contributed by atoms with Gasteiger partial charge in [0.15, 0.2) is 0 Å². The van der Waals surface area contributed by atoms with Crippen molar-refractivity contribution in [3.8, 4) is 0 Å². The van der Waals surface area contributed by atoms with Crippen molar-refractivity contribution in [2.24, 2.45) is 0 Å². The summed E-state index contributed by atoms with van der Waals surface area (Å²) >= 11 is 0. The number of hydrogen-bond acceptors (Lipinski definition) is 2. The van der Waals surface area contributed by atoms with Crippen molar-refractivity contribution < 1.29 is 9.84 Å². The third kappa shape index (κ3) is 1.54. The lowest BCUT2D eigenvalue weighted by atomic mass is 9.71. The molecule has 0 spiro atoms. The summed E-state index contributed by atoms with van der Waals surface area (Å²) in [5, 5.41) is 11.0. The first kappa shape index (κ1) is 11.2. The van der Waals surface area contributed by atoms with Gasteiger partial charge in [-0.3, -0.25) is 0 Å². The first-order valence-corrected chi connectivity index (χ1v) is 6.65. The van der Waals surface area contributed by atoms with Crippen molar-refractivity contribution in [2.75, 3.05) is 0 Å². The van der Waals surface area contributed by atoms with Gasteiger partial charge in [-0.2, -0.15) is 0 Å². The Balaban J connectivity index is 1.98. The SMILES string of the molecule is C[C@@H]1O[C@@]1(c1ccccc1)C1(O)CCCCC1. The topological polar surface area (TPSA) is 32.8 Å². The Bertz CT molecular complexity index is 395. The largest absolute Gasteiger partial charge is 0.386 e. The Hall–Kier alpha value is -0.860. The minimum absolute atomic E-state index is 0.132. The quantitative estimate of drug-likeness (QED) is 0.795. The van der Waals surface area contributed by atoms with Crippen molar-refractivity contribution in [3.63, 3.8) is 0 Å². The molecule has 2 aliphatic rings. The molecule has 1 aliphatic carbocycles. The first-order chi connectivity index (χ1) is 8.19. The Morgan fingerprint density at radius 3 is 2.24 bits per heavy atom. The summed E-state index contributed by atoms with van der Waals surface area (Å²) in [5.41, 5.74) is 0.0395. The first-order valence-electron chi connectivity index (χ1n) is 6.65. The molecule has 3 rings (SSSR count). The second kappa shape index (κ2) is 3.82. The molecule has 1 aromatic carbocycles. The van der Waals surface area contributed by atoms with E-state index >= 15 is 0 Å². The number of epoxide rings is 1. The van der Waals surface area contributed by atoms with E-state index in [-0.39, 0.29) is 6.10 Å². The van der Waals surface area contributed by atoms with E-state index in [4.69, 9.17) is 4.74 Å². The maximum Gasteiger partial charge on any atom is 0.148 e. The highest BCUT2D eigenvalue weighted by Crippen LogP contribution is 2.58. The molecule has 2 atom stereocenters. The molecule has 2 fully saturated rings. The van der Waals surface area contributed by atoms with Crippen LogP contribution in [-0.2, 0) is 10.3 Å². The Morgan fingerprint density at radius 2 is 1.71 bits per heavy atom. The van der Waals surface area contributed by atoms with Gasteiger partial charge in [0.1, 0.15) is 11.2 Å². The molecule has 1 saturated carbocycles. The highest BCUT2D eigenvalue weighted by atomic mass is 16.6. The normalized spacial score (nSPS) is 35.5.